The van der Waals surface area contributed by atoms with Crippen LogP contribution in [0, 0.1) is 0 Å². The van der Waals surface area contributed by atoms with Crippen LogP contribution in [0.3, 0.4) is 0 Å². The fourth-order valence-corrected chi connectivity index (χ4v) is 2.19. The molecule has 0 saturated heterocycles. The van der Waals surface area contributed by atoms with Crippen molar-refractivity contribution < 1.29 is 9.59 Å². The summed E-state index contributed by atoms with van der Waals surface area (Å²) < 4.78 is 0. The zero-order valence-corrected chi connectivity index (χ0v) is 14.3. The lowest BCUT2D eigenvalue weighted by Crippen LogP contribution is -2.18. The first-order valence-electron chi connectivity index (χ1n) is 7.81. The van der Waals surface area contributed by atoms with E-state index in [1.807, 2.05) is 24.3 Å². The number of allylic oxidation sites excluding steroid dienone is 5. The normalized spacial score (nSPS) is 13.4. The summed E-state index contributed by atoms with van der Waals surface area (Å²) in [4.78, 5) is 23.0. The Kier molecular flexibility index (Phi) is 7.75. The van der Waals surface area contributed by atoms with E-state index in [0.29, 0.717) is 11.1 Å². The zero-order valence-electron chi connectivity index (χ0n) is 14.3. The number of aldehydes is 1. The van der Waals surface area contributed by atoms with Crippen LogP contribution in [0.2, 0.25) is 0 Å². The summed E-state index contributed by atoms with van der Waals surface area (Å²) in [6, 6.07) is 10.1. The van der Waals surface area contributed by atoms with Crippen molar-refractivity contribution in [3.8, 4) is 0 Å². The Morgan fingerprint density at radius 2 is 1.78 bits per heavy atom. The molecule has 0 spiro atoms. The monoisotopic (exact) mass is 311 g/mol. The number of carbonyl (C=O) groups is 2. The largest absolute Gasteiger partial charge is 0.355 e. The molecular weight excluding hydrogens is 286 g/mol. The van der Waals surface area contributed by atoms with E-state index < -0.39 is 0 Å². The minimum absolute atomic E-state index is 0.182. The average molecular weight is 311 g/mol. The van der Waals surface area contributed by atoms with Crippen LogP contribution in [0.15, 0.2) is 64.8 Å². The first-order valence-corrected chi connectivity index (χ1v) is 7.81. The van der Waals surface area contributed by atoms with Crippen LogP contribution >= 0.6 is 0 Å². The lowest BCUT2D eigenvalue weighted by molar-refractivity contribution is -0.117. The van der Waals surface area contributed by atoms with Crippen LogP contribution in [0.5, 0.6) is 0 Å². The maximum Gasteiger partial charge on any atom is 0.246 e. The standard InChI is InChI=1S/C20H25NO2/c1-5-15(2)19(12-17-9-7-6-8-10-17)13-18(14-22)11-16(3)20(23)21-4/h6-11,13-14H,5,12H2,1-4H3,(H,21,23)/b16-11+,18-13+,19-15?. The number of hydrogen-bond acceptors (Lipinski definition) is 2. The Balaban J connectivity index is 3.16. The maximum absolute atomic E-state index is 11.6. The number of hydrogen-bond donors (Lipinski definition) is 1. The van der Waals surface area contributed by atoms with Crippen molar-refractivity contribution in [3.05, 3.63) is 70.3 Å². The zero-order chi connectivity index (χ0) is 17.2. The predicted molar refractivity (Wildman–Crippen MR) is 95.1 cm³/mol. The minimum Gasteiger partial charge on any atom is -0.355 e. The maximum atomic E-state index is 11.6. The number of amides is 1. The van der Waals surface area contributed by atoms with Crippen molar-refractivity contribution >= 4 is 12.2 Å². The molecule has 0 bridgehead atoms. The second-order valence-electron chi connectivity index (χ2n) is 5.49. The molecular formula is C20H25NO2. The van der Waals surface area contributed by atoms with Crippen molar-refractivity contribution in [2.75, 3.05) is 7.05 Å². The van der Waals surface area contributed by atoms with Crippen molar-refractivity contribution in [2.45, 2.75) is 33.6 Å². The van der Waals surface area contributed by atoms with Gasteiger partial charge in [-0.3, -0.25) is 9.59 Å². The highest BCUT2D eigenvalue weighted by Gasteiger charge is 2.05. The van der Waals surface area contributed by atoms with Crippen LogP contribution in [0.25, 0.3) is 0 Å². The van der Waals surface area contributed by atoms with Crippen LogP contribution in [0.1, 0.15) is 32.8 Å². The minimum atomic E-state index is -0.182. The highest BCUT2D eigenvalue weighted by atomic mass is 16.1. The number of likely N-dealkylation sites (N-methyl/N-ethyl adjacent to an activating group) is 1. The molecule has 0 heterocycles. The lowest BCUT2D eigenvalue weighted by Gasteiger charge is -2.09. The predicted octanol–water partition coefficient (Wildman–Crippen LogP) is 3.77. The summed E-state index contributed by atoms with van der Waals surface area (Å²) in [7, 11) is 1.58. The molecule has 0 atom stereocenters. The van der Waals surface area contributed by atoms with E-state index in [1.165, 1.54) is 11.1 Å². The second kappa shape index (κ2) is 9.57. The van der Waals surface area contributed by atoms with Gasteiger partial charge in [-0.25, -0.2) is 0 Å². The molecule has 23 heavy (non-hydrogen) atoms. The van der Waals surface area contributed by atoms with E-state index in [1.54, 1.807) is 20.0 Å². The lowest BCUT2D eigenvalue weighted by atomic mass is 9.97. The summed E-state index contributed by atoms with van der Waals surface area (Å²) in [6.45, 7) is 5.87. The molecule has 0 aromatic heterocycles. The van der Waals surface area contributed by atoms with Crippen LogP contribution < -0.4 is 5.32 Å². The number of rotatable bonds is 7. The Morgan fingerprint density at radius 3 is 2.30 bits per heavy atom. The molecule has 3 nitrogen and oxygen atoms in total. The van der Waals surface area contributed by atoms with Gasteiger partial charge in [-0.2, -0.15) is 0 Å². The first-order chi connectivity index (χ1) is 11.0. The van der Waals surface area contributed by atoms with Gasteiger partial charge in [0.15, 0.2) is 0 Å². The fourth-order valence-electron chi connectivity index (χ4n) is 2.19. The summed E-state index contributed by atoms with van der Waals surface area (Å²) in [5.41, 5.74) is 4.56. The van der Waals surface area contributed by atoms with Gasteiger partial charge in [0.05, 0.1) is 0 Å². The molecule has 0 aliphatic rings. The smallest absolute Gasteiger partial charge is 0.246 e. The van der Waals surface area contributed by atoms with Gasteiger partial charge in [0.25, 0.3) is 0 Å². The summed E-state index contributed by atoms with van der Waals surface area (Å²) >= 11 is 0. The first kappa shape index (κ1) is 18.6. The molecule has 0 radical (unpaired) electrons. The van der Waals surface area contributed by atoms with Gasteiger partial charge >= 0.3 is 0 Å². The van der Waals surface area contributed by atoms with Gasteiger partial charge in [-0.1, -0.05) is 42.8 Å². The summed E-state index contributed by atoms with van der Waals surface area (Å²) in [6.07, 6.45) is 5.99. The van der Waals surface area contributed by atoms with E-state index in [9.17, 15) is 9.59 Å². The Bertz CT molecular complexity index is 637. The Hall–Kier alpha value is -2.42. The van der Waals surface area contributed by atoms with E-state index in [2.05, 4.69) is 31.3 Å². The second-order valence-corrected chi connectivity index (χ2v) is 5.49. The van der Waals surface area contributed by atoms with Crippen LogP contribution in [-0.2, 0) is 16.0 Å². The molecule has 1 N–H and O–H groups in total. The van der Waals surface area contributed by atoms with Crippen LogP contribution in [0.4, 0.5) is 0 Å². The molecule has 1 amide bonds. The topological polar surface area (TPSA) is 46.2 Å². The highest BCUT2D eigenvalue weighted by molar-refractivity contribution is 5.95. The Morgan fingerprint density at radius 1 is 1.13 bits per heavy atom. The van der Waals surface area contributed by atoms with Crippen molar-refractivity contribution in [1.29, 1.82) is 0 Å². The molecule has 122 valence electrons. The molecule has 0 saturated carbocycles. The molecule has 0 unspecified atom stereocenters. The highest BCUT2D eigenvalue weighted by Crippen LogP contribution is 2.18. The molecule has 1 aromatic carbocycles. The van der Waals surface area contributed by atoms with Crippen LogP contribution in [-0.4, -0.2) is 19.2 Å². The van der Waals surface area contributed by atoms with E-state index >= 15 is 0 Å². The third-order valence-corrected chi connectivity index (χ3v) is 3.76. The number of carbonyl (C=O) groups excluding carboxylic acids is 2. The van der Waals surface area contributed by atoms with Gasteiger partial charge < -0.3 is 5.32 Å². The van der Waals surface area contributed by atoms with Gasteiger partial charge in [0, 0.05) is 18.2 Å². The number of benzene rings is 1. The quantitative estimate of drug-likeness (QED) is 0.473. The van der Waals surface area contributed by atoms with E-state index in [0.717, 1.165) is 24.7 Å². The fraction of sp³-hybridized carbons (Fsp3) is 0.300. The summed E-state index contributed by atoms with van der Waals surface area (Å²) in [5, 5.41) is 2.56. The van der Waals surface area contributed by atoms with Gasteiger partial charge in [0.1, 0.15) is 6.29 Å². The molecule has 1 rings (SSSR count). The number of nitrogens with one attached hydrogen (secondary N) is 1. The molecule has 1 aromatic rings. The van der Waals surface area contributed by atoms with Crippen molar-refractivity contribution in [1.82, 2.24) is 5.32 Å². The molecule has 0 fully saturated rings. The Labute approximate surface area is 138 Å². The third-order valence-electron chi connectivity index (χ3n) is 3.76. The molecule has 0 aliphatic heterocycles. The molecule has 0 aliphatic carbocycles. The SMILES string of the molecule is CCC(C)=C(/C=C(C=O)\C=C(/C)C(=O)NC)Cc1ccccc1. The van der Waals surface area contributed by atoms with Crippen molar-refractivity contribution in [2.24, 2.45) is 0 Å². The van der Waals surface area contributed by atoms with E-state index in [4.69, 9.17) is 0 Å². The van der Waals surface area contributed by atoms with Crippen molar-refractivity contribution in [3.63, 3.8) is 0 Å². The van der Waals surface area contributed by atoms with Gasteiger partial charge in [-0.15, -0.1) is 0 Å². The van der Waals surface area contributed by atoms with Gasteiger partial charge in [-0.05, 0) is 50.0 Å². The van der Waals surface area contributed by atoms with E-state index in [-0.39, 0.29) is 5.91 Å². The summed E-state index contributed by atoms with van der Waals surface area (Å²) in [5.74, 6) is -0.182. The van der Waals surface area contributed by atoms with Gasteiger partial charge in [0.2, 0.25) is 5.91 Å². The molecule has 3 heteroatoms. The third kappa shape index (κ3) is 6.07. The average Bonchev–Trinajstić information content (AvgIpc) is 2.59.